The molecule has 0 unspecified atom stereocenters. The van der Waals surface area contributed by atoms with Crippen LogP contribution in [0.15, 0.2) is 57.2 Å². The van der Waals surface area contributed by atoms with E-state index in [1.807, 2.05) is 0 Å². The predicted octanol–water partition coefficient (Wildman–Crippen LogP) is 8.93. The Bertz CT molecular complexity index is 1380. The number of hydrogen-bond donors (Lipinski definition) is 2. The first kappa shape index (κ1) is 30.5. The second-order valence-corrected chi connectivity index (χ2v) is 11.4. The Morgan fingerprint density at radius 1 is 0.895 bits per heavy atom. The number of fused-ring (bicyclic) bond motifs is 1. The van der Waals surface area contributed by atoms with Crippen LogP contribution in [-0.2, 0) is 9.06 Å². The maximum absolute atomic E-state index is 15.0. The summed E-state index contributed by atoms with van der Waals surface area (Å²) in [5.74, 6) is -4.11. The monoisotopic (exact) mass is 631 g/mol. The highest BCUT2D eigenvalue weighted by atomic mass is 32.2. The van der Waals surface area contributed by atoms with Crippen molar-refractivity contribution in [1.82, 2.24) is 5.32 Å². The van der Waals surface area contributed by atoms with Gasteiger partial charge in [-0.05, 0) is 26.0 Å². The van der Waals surface area contributed by atoms with Gasteiger partial charge in [0.15, 0.2) is 0 Å². The Hall–Kier alpha value is -2.01. The van der Waals surface area contributed by atoms with Crippen molar-refractivity contribution in [2.24, 2.45) is 0 Å². The Kier molecular flexibility index (Phi) is 10.00. The smallest absolute Gasteiger partial charge is 0.328 e. The van der Waals surface area contributed by atoms with E-state index in [4.69, 9.17) is 4.74 Å². The Labute approximate surface area is 234 Å². The second kappa shape index (κ2) is 12.4. The van der Waals surface area contributed by atoms with E-state index in [9.17, 15) is 38.5 Å². The highest BCUT2D eigenvalue weighted by Crippen LogP contribution is 2.55. The number of carboxylic acid groups (broad SMARTS) is 1. The van der Waals surface area contributed by atoms with Crippen LogP contribution in [0.2, 0.25) is 0 Å². The summed E-state index contributed by atoms with van der Waals surface area (Å²) < 4.78 is 87.8. The van der Waals surface area contributed by atoms with E-state index in [1.165, 1.54) is 24.3 Å². The summed E-state index contributed by atoms with van der Waals surface area (Å²) in [6, 6.07) is 8.00. The maximum atomic E-state index is 15.0. The number of rotatable bonds is 11. The van der Waals surface area contributed by atoms with E-state index in [1.54, 1.807) is 0 Å². The van der Waals surface area contributed by atoms with Crippen molar-refractivity contribution < 1.29 is 43.3 Å². The highest BCUT2D eigenvalue weighted by Gasteiger charge is 2.45. The lowest BCUT2D eigenvalue weighted by atomic mass is 10.0. The van der Waals surface area contributed by atoms with Crippen LogP contribution >= 0.6 is 60.7 Å². The van der Waals surface area contributed by atoms with E-state index in [2.05, 4.69) is 5.32 Å². The molecule has 2 N–H and O–H groups in total. The molecule has 0 saturated carbocycles. The molecule has 0 fully saturated rings. The second-order valence-electron chi connectivity index (χ2n) is 7.98. The number of carbonyl (C=O) groups excluding carboxylic acids is 1. The number of hydrogen-bond acceptors (Lipinski definition) is 8. The zero-order chi connectivity index (χ0) is 28.3. The minimum absolute atomic E-state index is 0.123. The van der Waals surface area contributed by atoms with Crippen molar-refractivity contribution in [2.75, 3.05) is 0 Å². The molecular weight excluding hydrogens is 617 g/mol. The van der Waals surface area contributed by atoms with Gasteiger partial charge in [-0.2, -0.15) is 19.4 Å². The molecule has 38 heavy (non-hydrogen) atoms. The summed E-state index contributed by atoms with van der Waals surface area (Å²) in [5.41, 5.74) is -3.08. The normalized spacial score (nSPS) is 12.0. The third-order valence-corrected chi connectivity index (χ3v) is 8.55. The molecule has 5 nitrogen and oxygen atoms in total. The van der Waals surface area contributed by atoms with E-state index in [0.717, 1.165) is 26.0 Å². The standard InChI is InChI=1S/C22H15F6NO4S5/c1-21(2,20(31)32)29-19(30)12-9-14(23)10-5-3-4-6-11(10)16(12)33-22(37-27,38-28)13-7-8-15(34-24)18(36-26)17(13)35-25/h3-9H,1-2H3,(H,29,30)(H,31,32). The van der Waals surface area contributed by atoms with E-state index < -0.39 is 115 Å². The van der Waals surface area contributed by atoms with Crippen molar-refractivity contribution in [2.45, 2.75) is 38.3 Å². The largest absolute Gasteiger partial charge is 0.480 e. The van der Waals surface area contributed by atoms with Gasteiger partial charge < -0.3 is 15.2 Å². The van der Waals surface area contributed by atoms with Gasteiger partial charge in [0.2, 0.25) is 0 Å². The van der Waals surface area contributed by atoms with Gasteiger partial charge in [-0.25, -0.2) is 9.18 Å². The van der Waals surface area contributed by atoms with Crippen LogP contribution in [0, 0.1) is 5.82 Å². The van der Waals surface area contributed by atoms with Gasteiger partial charge in [-0.15, -0.1) is 0 Å². The summed E-state index contributed by atoms with van der Waals surface area (Å²) in [7, 11) is 0. The average molecular weight is 632 g/mol. The molecular formula is C22H15F6NO4S5. The Balaban J connectivity index is 2.31. The first-order valence-electron chi connectivity index (χ1n) is 10.1. The van der Waals surface area contributed by atoms with Gasteiger partial charge in [-0.3, -0.25) is 4.79 Å². The molecule has 3 aromatic carbocycles. The molecule has 0 spiro atoms. The first-order chi connectivity index (χ1) is 18.0. The fraction of sp³-hybridized carbons (Fsp3) is 0.182. The molecule has 204 valence electrons. The van der Waals surface area contributed by atoms with Crippen molar-refractivity contribution in [1.29, 1.82) is 0 Å². The number of carboxylic acids is 1. The van der Waals surface area contributed by atoms with Crippen LogP contribution in [0.3, 0.4) is 0 Å². The molecule has 0 aromatic heterocycles. The van der Waals surface area contributed by atoms with E-state index in [-0.39, 0.29) is 15.7 Å². The summed E-state index contributed by atoms with van der Waals surface area (Å²) in [6.07, 6.45) is 0. The number of benzene rings is 3. The van der Waals surface area contributed by atoms with Gasteiger partial charge in [0.05, 0.1) is 56.7 Å². The highest BCUT2D eigenvalue weighted by molar-refractivity contribution is 8.12. The Morgan fingerprint density at radius 3 is 2.03 bits per heavy atom. The van der Waals surface area contributed by atoms with Crippen LogP contribution in [-0.4, -0.2) is 22.5 Å². The minimum Gasteiger partial charge on any atom is -0.480 e. The van der Waals surface area contributed by atoms with Crippen molar-refractivity contribution in [3.8, 4) is 5.75 Å². The topological polar surface area (TPSA) is 75.6 Å². The number of amides is 1. The third-order valence-electron chi connectivity index (χ3n) is 5.23. The number of carbonyl (C=O) groups is 2. The molecule has 3 aromatic rings. The predicted molar refractivity (Wildman–Crippen MR) is 140 cm³/mol. The van der Waals surface area contributed by atoms with Crippen LogP contribution in [0.1, 0.15) is 29.8 Å². The molecule has 1 amide bonds. The molecule has 0 aliphatic rings. The van der Waals surface area contributed by atoms with Gasteiger partial charge in [-0.1, -0.05) is 30.3 Å². The molecule has 0 radical (unpaired) electrons. The summed E-state index contributed by atoms with van der Waals surface area (Å²) in [4.78, 5) is 22.9. The molecule has 3 rings (SSSR count). The zero-order valence-electron chi connectivity index (χ0n) is 19.0. The molecule has 0 saturated heterocycles. The van der Waals surface area contributed by atoms with Crippen molar-refractivity contribution >= 4 is 83.4 Å². The fourth-order valence-corrected chi connectivity index (χ4v) is 5.79. The van der Waals surface area contributed by atoms with Gasteiger partial charge in [0, 0.05) is 16.3 Å². The van der Waals surface area contributed by atoms with E-state index in [0.29, 0.717) is 6.07 Å². The third kappa shape index (κ3) is 5.78. The molecule has 0 aliphatic heterocycles. The van der Waals surface area contributed by atoms with Crippen LogP contribution in [0.25, 0.3) is 10.8 Å². The molecule has 0 heterocycles. The summed E-state index contributed by atoms with van der Waals surface area (Å²) in [6.45, 7) is 2.30. The molecule has 0 atom stereocenters. The molecule has 0 aliphatic carbocycles. The summed E-state index contributed by atoms with van der Waals surface area (Å²) in [5, 5.41) is 11.3. The average Bonchev–Trinajstić information content (AvgIpc) is 2.91. The van der Waals surface area contributed by atoms with Crippen molar-refractivity contribution in [3.05, 3.63) is 59.4 Å². The van der Waals surface area contributed by atoms with Crippen LogP contribution in [0.5, 0.6) is 5.75 Å². The first-order valence-corrected chi connectivity index (χ1v) is 13.7. The van der Waals surface area contributed by atoms with Gasteiger partial charge in [0.25, 0.3) is 10.2 Å². The fourth-order valence-electron chi connectivity index (χ4n) is 3.30. The SMILES string of the molecule is CC(C)(NC(=O)c1cc(F)c2ccccc2c1OC(SF)(SF)c1ccc(SF)c(SF)c1SF)C(=O)O. The zero-order valence-corrected chi connectivity index (χ0v) is 23.1. The number of aliphatic carboxylic acids is 1. The van der Waals surface area contributed by atoms with Gasteiger partial charge >= 0.3 is 5.97 Å². The molecule has 0 bridgehead atoms. The lowest BCUT2D eigenvalue weighted by Gasteiger charge is -2.30. The van der Waals surface area contributed by atoms with Crippen LogP contribution < -0.4 is 10.1 Å². The quantitative estimate of drug-likeness (QED) is 0.159. The van der Waals surface area contributed by atoms with E-state index >= 15 is 0 Å². The van der Waals surface area contributed by atoms with Crippen molar-refractivity contribution in [3.63, 3.8) is 0 Å². The maximum Gasteiger partial charge on any atom is 0.328 e. The molecule has 16 heteroatoms. The summed E-state index contributed by atoms with van der Waals surface area (Å²) >= 11 is -3.17. The lowest BCUT2D eigenvalue weighted by molar-refractivity contribution is -0.143. The Morgan fingerprint density at radius 2 is 1.50 bits per heavy atom. The minimum atomic E-state index is -2.85. The lowest BCUT2D eigenvalue weighted by Crippen LogP contribution is -2.49. The van der Waals surface area contributed by atoms with Gasteiger partial charge in [0.1, 0.15) is 41.4 Å². The number of nitrogens with one attached hydrogen (secondary N) is 1. The number of ether oxygens (including phenoxy) is 1. The van der Waals surface area contributed by atoms with Crippen LogP contribution in [0.4, 0.5) is 23.8 Å². The number of halogens is 6.